The first kappa shape index (κ1) is 32.1. The number of nitrogens with zero attached hydrogens (tertiary/aromatic N) is 2. The average molecular weight is 617 g/mol. The van der Waals surface area contributed by atoms with Crippen molar-refractivity contribution < 1.29 is 9.59 Å². The number of piperidine rings is 1. The lowest BCUT2D eigenvalue weighted by Crippen LogP contribution is -2.48. The van der Waals surface area contributed by atoms with Crippen LogP contribution >= 0.6 is 0 Å². The molecule has 46 heavy (non-hydrogen) atoms. The highest BCUT2D eigenvalue weighted by molar-refractivity contribution is 6.01. The van der Waals surface area contributed by atoms with Crippen LogP contribution in [0.2, 0.25) is 0 Å². The molecule has 2 aliphatic heterocycles. The van der Waals surface area contributed by atoms with Crippen LogP contribution in [-0.2, 0) is 4.79 Å². The minimum Gasteiger partial charge on any atom is -0.340 e. The molecule has 0 spiro atoms. The first-order valence-corrected chi connectivity index (χ1v) is 17.2. The van der Waals surface area contributed by atoms with Gasteiger partial charge in [0.25, 0.3) is 0 Å². The van der Waals surface area contributed by atoms with Crippen molar-refractivity contribution in [2.75, 3.05) is 45.8 Å². The Morgan fingerprint density at radius 3 is 2.17 bits per heavy atom. The number of nitrogens with one attached hydrogen (secondary N) is 2. The van der Waals surface area contributed by atoms with E-state index >= 15 is 0 Å². The number of carbonyl (C=O) groups excluding carboxylic acids is 2. The van der Waals surface area contributed by atoms with Gasteiger partial charge < -0.3 is 20.4 Å². The zero-order chi connectivity index (χ0) is 31.6. The normalized spacial score (nSPS) is 19.4. The molecule has 4 aromatic rings. The van der Waals surface area contributed by atoms with E-state index in [0.717, 1.165) is 68.3 Å². The maximum Gasteiger partial charge on any atom is 0.239 e. The largest absolute Gasteiger partial charge is 0.340 e. The van der Waals surface area contributed by atoms with Crippen molar-refractivity contribution in [2.45, 2.75) is 56.5 Å². The Bertz CT molecular complexity index is 1510. The van der Waals surface area contributed by atoms with Crippen LogP contribution in [0.15, 0.2) is 103 Å². The fraction of sp³-hybridized carbons (Fsp3) is 0.400. The van der Waals surface area contributed by atoms with E-state index in [0.29, 0.717) is 13.1 Å². The molecule has 6 nitrogen and oxygen atoms in total. The van der Waals surface area contributed by atoms with Crippen LogP contribution < -0.4 is 10.6 Å². The van der Waals surface area contributed by atoms with Crippen LogP contribution in [0.25, 0.3) is 10.8 Å². The molecule has 0 radical (unpaired) electrons. The zero-order valence-electron chi connectivity index (χ0n) is 27.0. The number of rotatable bonds is 13. The molecule has 2 atom stereocenters. The van der Waals surface area contributed by atoms with Gasteiger partial charge in [0.1, 0.15) is 0 Å². The summed E-state index contributed by atoms with van der Waals surface area (Å²) < 4.78 is 0. The van der Waals surface area contributed by atoms with Crippen LogP contribution in [0.5, 0.6) is 0 Å². The summed E-state index contributed by atoms with van der Waals surface area (Å²) in [5.41, 5.74) is 3.21. The Labute approximate surface area is 274 Å². The van der Waals surface area contributed by atoms with Crippen molar-refractivity contribution in [1.82, 2.24) is 20.4 Å². The van der Waals surface area contributed by atoms with Crippen LogP contribution in [0, 0.1) is 0 Å². The number of hydrogen-bond donors (Lipinski definition) is 2. The number of Topliss-reactive ketones (excluding diaryl/α,β-unsaturated/α-hetero) is 1. The van der Waals surface area contributed by atoms with E-state index in [1.807, 2.05) is 36.4 Å². The minimum atomic E-state index is -0.208. The van der Waals surface area contributed by atoms with Gasteiger partial charge in [-0.1, -0.05) is 103 Å². The maximum absolute atomic E-state index is 14.2. The molecule has 6 heteroatoms. The lowest BCUT2D eigenvalue weighted by Gasteiger charge is -2.31. The van der Waals surface area contributed by atoms with E-state index < -0.39 is 0 Å². The summed E-state index contributed by atoms with van der Waals surface area (Å²) in [6, 6.07) is 35.2. The van der Waals surface area contributed by atoms with E-state index in [9.17, 15) is 9.59 Å². The summed E-state index contributed by atoms with van der Waals surface area (Å²) in [6.07, 6.45) is 6.39. The molecule has 2 N–H and O–H groups in total. The Morgan fingerprint density at radius 1 is 0.783 bits per heavy atom. The number of ketones is 1. The van der Waals surface area contributed by atoms with Crippen molar-refractivity contribution >= 4 is 22.5 Å². The lowest BCUT2D eigenvalue weighted by molar-refractivity contribution is -0.133. The average Bonchev–Trinajstić information content (AvgIpc) is 3.26. The van der Waals surface area contributed by atoms with Crippen molar-refractivity contribution in [1.29, 1.82) is 0 Å². The highest BCUT2D eigenvalue weighted by atomic mass is 16.2. The van der Waals surface area contributed by atoms with Gasteiger partial charge in [0.15, 0.2) is 5.78 Å². The maximum atomic E-state index is 14.2. The Kier molecular flexibility index (Phi) is 11.3. The first-order valence-electron chi connectivity index (χ1n) is 17.2. The molecule has 240 valence electrons. The fourth-order valence-corrected chi connectivity index (χ4v) is 7.13. The van der Waals surface area contributed by atoms with Gasteiger partial charge in [-0.15, -0.1) is 0 Å². The van der Waals surface area contributed by atoms with Gasteiger partial charge in [-0.2, -0.15) is 0 Å². The highest BCUT2D eigenvalue weighted by Crippen LogP contribution is 2.27. The van der Waals surface area contributed by atoms with E-state index in [1.54, 1.807) is 0 Å². The van der Waals surface area contributed by atoms with Crippen LogP contribution in [0.4, 0.5) is 0 Å². The summed E-state index contributed by atoms with van der Waals surface area (Å²) in [5.74, 6) is 0.442. The van der Waals surface area contributed by atoms with Crippen LogP contribution in [-0.4, -0.2) is 79.4 Å². The van der Waals surface area contributed by atoms with Crippen molar-refractivity contribution in [3.05, 3.63) is 120 Å². The predicted molar refractivity (Wildman–Crippen MR) is 187 cm³/mol. The van der Waals surface area contributed by atoms with Gasteiger partial charge >= 0.3 is 0 Å². The SMILES string of the molecule is O=C(CNCC[C@@H]1CCN(CC(c2ccccc2)c2ccccc2)C(=O)C(CCN2CCCCC2)N1)c1ccc2ccccc2c1. The third kappa shape index (κ3) is 8.49. The van der Waals surface area contributed by atoms with Gasteiger partial charge in [-0.3, -0.25) is 9.59 Å². The summed E-state index contributed by atoms with van der Waals surface area (Å²) in [7, 11) is 0. The van der Waals surface area contributed by atoms with Gasteiger partial charge in [-0.25, -0.2) is 0 Å². The number of carbonyl (C=O) groups is 2. The van der Waals surface area contributed by atoms with Gasteiger partial charge in [0.05, 0.1) is 12.6 Å². The minimum absolute atomic E-state index is 0.105. The van der Waals surface area contributed by atoms with Crippen molar-refractivity contribution in [3.8, 4) is 0 Å². The number of benzene rings is 4. The Balaban J connectivity index is 1.10. The van der Waals surface area contributed by atoms with E-state index in [2.05, 4.69) is 87.2 Å². The molecule has 2 saturated heterocycles. The number of fused-ring (bicyclic) bond motifs is 1. The van der Waals surface area contributed by atoms with Crippen LogP contribution in [0.3, 0.4) is 0 Å². The monoisotopic (exact) mass is 616 g/mol. The topological polar surface area (TPSA) is 64.7 Å². The molecule has 0 aliphatic carbocycles. The van der Waals surface area contributed by atoms with Crippen molar-refractivity contribution in [3.63, 3.8) is 0 Å². The van der Waals surface area contributed by atoms with E-state index in [-0.39, 0.29) is 29.7 Å². The molecule has 2 heterocycles. The number of amides is 1. The second-order valence-corrected chi connectivity index (χ2v) is 13.0. The second-order valence-electron chi connectivity index (χ2n) is 13.0. The third-order valence-corrected chi connectivity index (χ3v) is 9.81. The summed E-state index contributed by atoms with van der Waals surface area (Å²) >= 11 is 0. The molecule has 1 unspecified atom stereocenters. The Hall–Kier alpha value is -3.84. The standard InChI is InChI=1S/C40H48N4O2/c45-39(35-19-18-31-12-8-9-17-34(31)28-35)29-41-23-20-36-21-27-44(40(46)38(42-36)22-26-43-24-10-3-11-25-43)30-37(32-13-4-1-5-14-32)33-15-6-2-7-16-33/h1-2,4-9,12-19,28,36-38,41-42H,3,10-11,20-27,29-30H2/t36-,38?/m1/s1. The van der Waals surface area contributed by atoms with Gasteiger partial charge in [0, 0.05) is 37.2 Å². The molecular weight excluding hydrogens is 568 g/mol. The Morgan fingerprint density at radius 2 is 1.46 bits per heavy atom. The van der Waals surface area contributed by atoms with Gasteiger partial charge in [-0.05, 0) is 79.7 Å². The van der Waals surface area contributed by atoms with E-state index in [1.165, 1.54) is 30.4 Å². The molecule has 6 rings (SSSR count). The predicted octanol–water partition coefficient (Wildman–Crippen LogP) is 6.27. The number of likely N-dealkylation sites (tertiary alicyclic amines) is 1. The summed E-state index contributed by atoms with van der Waals surface area (Å²) in [4.78, 5) is 31.8. The molecular formula is C40H48N4O2. The van der Waals surface area contributed by atoms with E-state index in [4.69, 9.17) is 0 Å². The second kappa shape index (κ2) is 16.1. The third-order valence-electron chi connectivity index (χ3n) is 9.81. The first-order chi connectivity index (χ1) is 22.6. The molecule has 0 saturated carbocycles. The summed E-state index contributed by atoms with van der Waals surface area (Å²) in [6.45, 7) is 5.64. The molecule has 2 aliphatic rings. The molecule has 4 aromatic carbocycles. The molecule has 0 aromatic heterocycles. The van der Waals surface area contributed by atoms with Gasteiger partial charge in [0.2, 0.25) is 5.91 Å². The molecule has 2 fully saturated rings. The molecule has 0 bridgehead atoms. The molecule has 1 amide bonds. The van der Waals surface area contributed by atoms with Crippen molar-refractivity contribution in [2.24, 2.45) is 0 Å². The zero-order valence-corrected chi connectivity index (χ0v) is 27.0. The summed E-state index contributed by atoms with van der Waals surface area (Å²) in [5, 5.41) is 9.41. The number of hydrogen-bond acceptors (Lipinski definition) is 5. The lowest BCUT2D eigenvalue weighted by atomic mass is 9.90. The fourth-order valence-electron chi connectivity index (χ4n) is 7.13. The quantitative estimate of drug-likeness (QED) is 0.137. The smallest absolute Gasteiger partial charge is 0.239 e. The highest BCUT2D eigenvalue weighted by Gasteiger charge is 2.33. The van der Waals surface area contributed by atoms with Crippen LogP contribution in [0.1, 0.15) is 65.9 Å².